The quantitative estimate of drug-likeness (QED) is 0.360. The predicted molar refractivity (Wildman–Crippen MR) is 111 cm³/mol. The first-order chi connectivity index (χ1) is 13.1. The molecule has 0 saturated heterocycles. The van der Waals surface area contributed by atoms with Gasteiger partial charge in [0, 0.05) is 17.7 Å². The average molecular weight is 405 g/mol. The van der Waals surface area contributed by atoms with E-state index in [4.69, 9.17) is 17.0 Å². The molecule has 0 radical (unpaired) electrons. The van der Waals surface area contributed by atoms with Crippen LogP contribution in [0.5, 0.6) is 0 Å². The summed E-state index contributed by atoms with van der Waals surface area (Å²) in [7, 11) is 0. The van der Waals surface area contributed by atoms with Crippen molar-refractivity contribution in [2.24, 2.45) is 0 Å². The Morgan fingerprint density at radius 1 is 1.04 bits per heavy atom. The Bertz CT molecular complexity index is 718. The van der Waals surface area contributed by atoms with Crippen molar-refractivity contribution in [3.8, 4) is 0 Å². The molecule has 0 spiro atoms. The number of thiocarbonyl (C=S) groups is 1. The van der Waals surface area contributed by atoms with Crippen molar-refractivity contribution < 1.29 is 14.3 Å². The molecule has 0 atom stereocenters. The maximum atomic E-state index is 11.8. The van der Waals surface area contributed by atoms with Crippen molar-refractivity contribution in [3.05, 3.63) is 58.3 Å². The van der Waals surface area contributed by atoms with E-state index in [1.54, 1.807) is 11.3 Å². The van der Waals surface area contributed by atoms with Crippen LogP contribution in [-0.2, 0) is 27.3 Å². The molecule has 27 heavy (non-hydrogen) atoms. The van der Waals surface area contributed by atoms with Crippen LogP contribution in [0, 0.1) is 0 Å². The van der Waals surface area contributed by atoms with Crippen LogP contribution in [0.1, 0.15) is 36.1 Å². The van der Waals surface area contributed by atoms with Crippen molar-refractivity contribution in [2.45, 2.75) is 38.6 Å². The summed E-state index contributed by atoms with van der Waals surface area (Å²) in [5.41, 5.74) is 1.23. The summed E-state index contributed by atoms with van der Waals surface area (Å²) in [4.78, 5) is 24.7. The van der Waals surface area contributed by atoms with E-state index in [-0.39, 0.29) is 24.7 Å². The molecule has 2 rings (SSSR count). The van der Waals surface area contributed by atoms with Crippen LogP contribution >= 0.6 is 23.6 Å². The number of thiophene rings is 1. The molecule has 144 valence electrons. The van der Waals surface area contributed by atoms with Crippen LogP contribution in [0.2, 0.25) is 0 Å². The maximum Gasteiger partial charge on any atom is 0.305 e. The van der Waals surface area contributed by atoms with Crippen LogP contribution in [0.15, 0.2) is 47.8 Å². The highest BCUT2D eigenvalue weighted by Crippen LogP contribution is 2.07. The standard InChI is InChI=1S/C20H24N2O3S2/c23-18(22-20(26)21-15-17-10-6-14-27-17)11-4-12-19(24)25-13-5-9-16-7-2-1-3-8-16/h1-3,6-8,10,14H,4-5,9,11-13,15H2,(H2,21,22,23,26). The second kappa shape index (κ2) is 12.2. The van der Waals surface area contributed by atoms with Gasteiger partial charge in [0.05, 0.1) is 13.2 Å². The number of amides is 1. The lowest BCUT2D eigenvalue weighted by Gasteiger charge is -2.08. The third-order valence-electron chi connectivity index (χ3n) is 3.76. The molecule has 0 bridgehead atoms. The van der Waals surface area contributed by atoms with Crippen LogP contribution in [0.3, 0.4) is 0 Å². The van der Waals surface area contributed by atoms with E-state index in [9.17, 15) is 9.59 Å². The highest BCUT2D eigenvalue weighted by molar-refractivity contribution is 7.80. The van der Waals surface area contributed by atoms with Gasteiger partial charge in [-0.25, -0.2) is 0 Å². The van der Waals surface area contributed by atoms with Crippen LogP contribution in [0.25, 0.3) is 0 Å². The van der Waals surface area contributed by atoms with E-state index < -0.39 is 0 Å². The lowest BCUT2D eigenvalue weighted by atomic mass is 10.1. The normalized spacial score (nSPS) is 10.2. The average Bonchev–Trinajstić information content (AvgIpc) is 3.18. The second-order valence-electron chi connectivity index (χ2n) is 5.97. The minimum atomic E-state index is -0.269. The minimum absolute atomic E-state index is 0.199. The smallest absolute Gasteiger partial charge is 0.305 e. The number of carbonyl (C=O) groups is 2. The Morgan fingerprint density at radius 2 is 1.85 bits per heavy atom. The molecule has 5 nitrogen and oxygen atoms in total. The Morgan fingerprint density at radius 3 is 2.59 bits per heavy atom. The summed E-state index contributed by atoms with van der Waals surface area (Å²) < 4.78 is 5.20. The summed E-state index contributed by atoms with van der Waals surface area (Å²) in [5, 5.41) is 7.89. The van der Waals surface area contributed by atoms with Gasteiger partial charge in [-0.2, -0.15) is 0 Å². The number of nitrogens with one attached hydrogen (secondary N) is 2. The summed E-state index contributed by atoms with van der Waals surface area (Å²) in [5.74, 6) is -0.468. The van der Waals surface area contributed by atoms with Crippen molar-refractivity contribution in [3.63, 3.8) is 0 Å². The van der Waals surface area contributed by atoms with E-state index in [0.29, 0.717) is 24.7 Å². The van der Waals surface area contributed by atoms with Gasteiger partial charge in [0.1, 0.15) is 0 Å². The zero-order chi connectivity index (χ0) is 19.3. The number of aryl methyl sites for hydroxylation is 1. The van der Waals surface area contributed by atoms with Gasteiger partial charge in [-0.1, -0.05) is 36.4 Å². The fourth-order valence-corrected chi connectivity index (χ4v) is 3.22. The predicted octanol–water partition coefficient (Wildman–Crippen LogP) is 3.59. The number of benzene rings is 1. The number of ether oxygens (including phenoxy) is 1. The van der Waals surface area contributed by atoms with Gasteiger partial charge in [0.15, 0.2) is 5.11 Å². The monoisotopic (exact) mass is 404 g/mol. The Balaban J connectivity index is 1.48. The van der Waals surface area contributed by atoms with E-state index in [1.165, 1.54) is 5.56 Å². The van der Waals surface area contributed by atoms with Gasteiger partial charge >= 0.3 is 5.97 Å². The highest BCUT2D eigenvalue weighted by atomic mass is 32.1. The van der Waals surface area contributed by atoms with Gasteiger partial charge in [0.2, 0.25) is 5.91 Å². The summed E-state index contributed by atoms with van der Waals surface area (Å²) in [6.07, 6.45) is 2.58. The molecule has 0 aliphatic carbocycles. The number of carbonyl (C=O) groups excluding carboxylic acids is 2. The SMILES string of the molecule is O=C(CCCC(=O)OCCCc1ccccc1)NC(=S)NCc1cccs1. The number of rotatable bonds is 10. The van der Waals surface area contributed by atoms with Crippen molar-refractivity contribution in [1.82, 2.24) is 10.6 Å². The maximum absolute atomic E-state index is 11.8. The van der Waals surface area contributed by atoms with Gasteiger partial charge in [-0.3, -0.25) is 9.59 Å². The van der Waals surface area contributed by atoms with E-state index in [2.05, 4.69) is 22.8 Å². The molecule has 0 saturated carbocycles. The summed E-state index contributed by atoms with van der Waals surface area (Å²) >= 11 is 6.71. The highest BCUT2D eigenvalue weighted by Gasteiger charge is 2.08. The zero-order valence-electron chi connectivity index (χ0n) is 15.1. The topological polar surface area (TPSA) is 67.4 Å². The van der Waals surface area contributed by atoms with Crippen LogP contribution in [-0.4, -0.2) is 23.6 Å². The molecule has 2 N–H and O–H groups in total. The first-order valence-electron chi connectivity index (χ1n) is 8.93. The zero-order valence-corrected chi connectivity index (χ0v) is 16.7. The molecular formula is C20H24N2O3S2. The van der Waals surface area contributed by atoms with Gasteiger partial charge in [-0.15, -0.1) is 11.3 Å². The minimum Gasteiger partial charge on any atom is -0.466 e. The first-order valence-corrected chi connectivity index (χ1v) is 10.2. The van der Waals surface area contributed by atoms with Crippen molar-refractivity contribution >= 4 is 40.5 Å². The Kier molecular flexibility index (Phi) is 9.51. The molecule has 0 aliphatic heterocycles. The van der Waals surface area contributed by atoms with Gasteiger partial charge in [0.25, 0.3) is 0 Å². The summed E-state index contributed by atoms with van der Waals surface area (Å²) in [6, 6.07) is 14.0. The molecule has 1 amide bonds. The molecule has 7 heteroatoms. The molecule has 0 unspecified atom stereocenters. The van der Waals surface area contributed by atoms with Crippen LogP contribution in [0.4, 0.5) is 0 Å². The van der Waals surface area contributed by atoms with Crippen molar-refractivity contribution in [2.75, 3.05) is 6.61 Å². The molecule has 2 aromatic rings. The molecule has 0 aliphatic rings. The number of hydrogen-bond acceptors (Lipinski definition) is 5. The Hall–Kier alpha value is -2.25. The fraction of sp³-hybridized carbons (Fsp3) is 0.350. The lowest BCUT2D eigenvalue weighted by Crippen LogP contribution is -2.38. The third kappa shape index (κ3) is 9.30. The van der Waals surface area contributed by atoms with Gasteiger partial charge < -0.3 is 15.4 Å². The fourth-order valence-electron chi connectivity index (χ4n) is 2.39. The lowest BCUT2D eigenvalue weighted by molar-refractivity contribution is -0.143. The molecule has 1 aromatic carbocycles. The molecule has 0 fully saturated rings. The summed E-state index contributed by atoms with van der Waals surface area (Å²) in [6.45, 7) is 0.989. The molecule has 1 aromatic heterocycles. The van der Waals surface area contributed by atoms with E-state index in [0.717, 1.165) is 17.7 Å². The number of hydrogen-bond donors (Lipinski definition) is 2. The van der Waals surface area contributed by atoms with E-state index in [1.807, 2.05) is 35.7 Å². The van der Waals surface area contributed by atoms with Gasteiger partial charge in [-0.05, 0) is 48.5 Å². The van der Waals surface area contributed by atoms with Crippen molar-refractivity contribution in [1.29, 1.82) is 0 Å². The molecule has 1 heterocycles. The second-order valence-corrected chi connectivity index (χ2v) is 7.41. The van der Waals surface area contributed by atoms with Crippen LogP contribution < -0.4 is 10.6 Å². The molecular weight excluding hydrogens is 380 g/mol. The number of esters is 1. The third-order valence-corrected chi connectivity index (χ3v) is 4.88. The Labute approximate surface area is 169 Å². The largest absolute Gasteiger partial charge is 0.466 e. The van der Waals surface area contributed by atoms with E-state index >= 15 is 0 Å². The first kappa shape index (κ1) is 21.1.